The Labute approximate surface area is 72.9 Å². The van der Waals surface area contributed by atoms with Gasteiger partial charge in [0.25, 0.3) is 0 Å². The quantitative estimate of drug-likeness (QED) is 0.411. The fourth-order valence-corrected chi connectivity index (χ4v) is 1.62. The van der Waals surface area contributed by atoms with Crippen LogP contribution in [0, 0.1) is 5.41 Å². The zero-order chi connectivity index (χ0) is 9.78. The maximum absolute atomic E-state index is 11.0. The highest BCUT2D eigenvalue weighted by atomic mass is 32.2. The van der Waals surface area contributed by atoms with Crippen molar-refractivity contribution in [1.29, 1.82) is 5.41 Å². The van der Waals surface area contributed by atoms with Crippen molar-refractivity contribution in [1.82, 2.24) is 4.72 Å². The molecule has 72 valence electrons. The first kappa shape index (κ1) is 11.4. The second-order valence-corrected chi connectivity index (χ2v) is 4.69. The van der Waals surface area contributed by atoms with Gasteiger partial charge in [-0.2, -0.15) is 0 Å². The molecule has 0 aliphatic carbocycles. The average Bonchev–Trinajstić information content (AvgIpc) is 1.84. The van der Waals surface area contributed by atoms with E-state index in [1.54, 1.807) is 13.8 Å². The Morgan fingerprint density at radius 1 is 1.67 bits per heavy atom. The summed E-state index contributed by atoms with van der Waals surface area (Å²) in [7, 11) is -3.17. The van der Waals surface area contributed by atoms with E-state index < -0.39 is 10.0 Å². The minimum Gasteiger partial charge on any atom is -0.388 e. The molecule has 0 aliphatic heterocycles. The van der Waals surface area contributed by atoms with Crippen molar-refractivity contribution in [2.24, 2.45) is 5.73 Å². The minimum absolute atomic E-state index is 0.0127. The van der Waals surface area contributed by atoms with Crippen molar-refractivity contribution in [3.63, 3.8) is 0 Å². The zero-order valence-electron chi connectivity index (χ0n) is 7.29. The van der Waals surface area contributed by atoms with Gasteiger partial charge in [-0.15, -0.1) is 0 Å². The second-order valence-electron chi connectivity index (χ2n) is 2.65. The Kier molecular flexibility index (Phi) is 4.19. The molecule has 0 amide bonds. The van der Waals surface area contributed by atoms with Crippen molar-refractivity contribution in [3.05, 3.63) is 0 Å². The predicted octanol–water partition coefficient (Wildman–Crippen LogP) is -0.360. The normalized spacial score (nSPS) is 14.2. The largest absolute Gasteiger partial charge is 0.388 e. The molecule has 1 unspecified atom stereocenters. The molecule has 0 saturated carbocycles. The van der Waals surface area contributed by atoms with E-state index in [4.69, 9.17) is 11.1 Å². The van der Waals surface area contributed by atoms with Crippen LogP contribution in [0.2, 0.25) is 0 Å². The van der Waals surface area contributed by atoms with E-state index in [1.165, 1.54) is 0 Å². The zero-order valence-corrected chi connectivity index (χ0v) is 8.11. The van der Waals surface area contributed by atoms with Gasteiger partial charge in [0.15, 0.2) is 0 Å². The van der Waals surface area contributed by atoms with Crippen LogP contribution in [0.1, 0.15) is 20.3 Å². The molecule has 6 heteroatoms. The van der Waals surface area contributed by atoms with Crippen molar-refractivity contribution in [2.75, 3.05) is 5.75 Å². The molecule has 0 radical (unpaired) electrons. The summed E-state index contributed by atoms with van der Waals surface area (Å²) in [5.41, 5.74) is 5.10. The van der Waals surface area contributed by atoms with Gasteiger partial charge in [0.05, 0.1) is 11.6 Å². The monoisotopic (exact) mass is 193 g/mol. The standard InChI is InChI=1S/C6H15N3O2S/c1-3-12(10,11)9-5(2)4-6(7)8/h5,9H,3-4H2,1-2H3,(H3,7,8). The van der Waals surface area contributed by atoms with Crippen LogP contribution in [0.15, 0.2) is 0 Å². The topological polar surface area (TPSA) is 96.0 Å². The third-order valence-corrected chi connectivity index (χ3v) is 2.81. The summed E-state index contributed by atoms with van der Waals surface area (Å²) in [4.78, 5) is 0. The van der Waals surface area contributed by atoms with Gasteiger partial charge in [0.1, 0.15) is 0 Å². The highest BCUT2D eigenvalue weighted by Gasteiger charge is 2.11. The molecule has 0 aromatic heterocycles. The summed E-state index contributed by atoms with van der Waals surface area (Å²) in [6, 6.07) is -0.299. The van der Waals surface area contributed by atoms with Crippen LogP contribution in [-0.2, 0) is 10.0 Å². The van der Waals surface area contributed by atoms with E-state index in [1.807, 2.05) is 0 Å². The Balaban J connectivity index is 4.01. The molecule has 5 nitrogen and oxygen atoms in total. The van der Waals surface area contributed by atoms with Crippen molar-refractivity contribution in [2.45, 2.75) is 26.3 Å². The maximum atomic E-state index is 11.0. The highest BCUT2D eigenvalue weighted by Crippen LogP contribution is 1.93. The molecule has 12 heavy (non-hydrogen) atoms. The van der Waals surface area contributed by atoms with Gasteiger partial charge < -0.3 is 5.73 Å². The molecule has 0 fully saturated rings. The van der Waals surface area contributed by atoms with E-state index in [0.29, 0.717) is 0 Å². The molecule has 0 saturated heterocycles. The number of rotatable bonds is 5. The van der Waals surface area contributed by atoms with Gasteiger partial charge >= 0.3 is 0 Å². The molecular formula is C6H15N3O2S. The van der Waals surface area contributed by atoms with E-state index in [0.717, 1.165) is 0 Å². The highest BCUT2D eigenvalue weighted by molar-refractivity contribution is 7.89. The summed E-state index contributed by atoms with van der Waals surface area (Å²) >= 11 is 0. The van der Waals surface area contributed by atoms with Gasteiger partial charge in [-0.1, -0.05) is 0 Å². The van der Waals surface area contributed by atoms with Crippen LogP contribution in [-0.4, -0.2) is 26.0 Å². The van der Waals surface area contributed by atoms with Crippen molar-refractivity contribution in [3.8, 4) is 0 Å². The maximum Gasteiger partial charge on any atom is 0.211 e. The number of amidine groups is 1. The van der Waals surface area contributed by atoms with Gasteiger partial charge in [0, 0.05) is 12.5 Å². The van der Waals surface area contributed by atoms with Crippen molar-refractivity contribution < 1.29 is 8.42 Å². The summed E-state index contributed by atoms with van der Waals surface area (Å²) < 4.78 is 24.3. The molecule has 1 atom stereocenters. The smallest absolute Gasteiger partial charge is 0.211 e. The SMILES string of the molecule is CCS(=O)(=O)NC(C)CC(=N)N. The molecule has 0 spiro atoms. The number of hydrogen-bond acceptors (Lipinski definition) is 3. The van der Waals surface area contributed by atoms with Crippen LogP contribution >= 0.6 is 0 Å². The summed E-state index contributed by atoms with van der Waals surface area (Å²) in [6.45, 7) is 3.23. The van der Waals surface area contributed by atoms with Crippen molar-refractivity contribution >= 4 is 15.9 Å². The lowest BCUT2D eigenvalue weighted by Crippen LogP contribution is -2.36. The first-order valence-corrected chi connectivity index (χ1v) is 5.35. The molecule has 0 rings (SSSR count). The van der Waals surface area contributed by atoms with E-state index in [2.05, 4.69) is 4.72 Å². The number of nitrogens with two attached hydrogens (primary N) is 1. The summed E-state index contributed by atoms with van der Waals surface area (Å²) in [6.07, 6.45) is 0.249. The molecule has 4 N–H and O–H groups in total. The summed E-state index contributed by atoms with van der Waals surface area (Å²) in [5.74, 6) is 0.0382. The molecule has 0 aromatic carbocycles. The third-order valence-electron chi connectivity index (χ3n) is 1.29. The second kappa shape index (κ2) is 4.42. The number of sulfonamides is 1. The van der Waals surface area contributed by atoms with Crippen LogP contribution in [0.5, 0.6) is 0 Å². The number of nitrogens with one attached hydrogen (secondary N) is 2. The van der Waals surface area contributed by atoms with E-state index in [-0.39, 0.29) is 24.1 Å². The molecule has 0 aromatic rings. The Hall–Kier alpha value is -0.620. The average molecular weight is 193 g/mol. The Bertz CT molecular complexity index is 248. The van der Waals surface area contributed by atoms with Gasteiger partial charge in [-0.3, -0.25) is 5.41 Å². The Morgan fingerprint density at radius 2 is 2.17 bits per heavy atom. The third kappa shape index (κ3) is 5.09. The van der Waals surface area contributed by atoms with Crippen LogP contribution < -0.4 is 10.5 Å². The van der Waals surface area contributed by atoms with E-state index >= 15 is 0 Å². The lowest BCUT2D eigenvalue weighted by atomic mass is 10.2. The van der Waals surface area contributed by atoms with Crippen LogP contribution in [0.3, 0.4) is 0 Å². The molecule has 0 aliphatic rings. The molecular weight excluding hydrogens is 178 g/mol. The van der Waals surface area contributed by atoms with Gasteiger partial charge in [-0.05, 0) is 13.8 Å². The Morgan fingerprint density at radius 3 is 2.50 bits per heavy atom. The fourth-order valence-electron chi connectivity index (χ4n) is 0.761. The van der Waals surface area contributed by atoms with Gasteiger partial charge in [0.2, 0.25) is 10.0 Å². The lowest BCUT2D eigenvalue weighted by molar-refractivity contribution is 0.565. The van der Waals surface area contributed by atoms with Gasteiger partial charge in [-0.25, -0.2) is 13.1 Å². The van der Waals surface area contributed by atoms with Crippen LogP contribution in [0.4, 0.5) is 0 Å². The van der Waals surface area contributed by atoms with Crippen LogP contribution in [0.25, 0.3) is 0 Å². The lowest BCUT2D eigenvalue weighted by Gasteiger charge is -2.11. The van der Waals surface area contributed by atoms with E-state index in [9.17, 15) is 8.42 Å². The first-order chi connectivity index (χ1) is 5.37. The fraction of sp³-hybridized carbons (Fsp3) is 0.833. The summed E-state index contributed by atoms with van der Waals surface area (Å²) in [5, 5.41) is 6.93. The molecule has 0 bridgehead atoms. The number of hydrogen-bond donors (Lipinski definition) is 3. The molecule has 0 heterocycles. The minimum atomic E-state index is -3.17. The first-order valence-electron chi connectivity index (χ1n) is 3.70. The predicted molar refractivity (Wildman–Crippen MR) is 48.6 cm³/mol.